The predicted octanol–water partition coefficient (Wildman–Crippen LogP) is 3.30. The number of nitrogens with one attached hydrogen (secondary N) is 2. The van der Waals surface area contributed by atoms with Crippen molar-refractivity contribution < 1.29 is 23.5 Å². The van der Waals surface area contributed by atoms with Crippen LogP contribution in [-0.2, 0) is 9.16 Å². The SMILES string of the molecule is CC(C)(C)[Si](O[C@@]1(C)COCCN(c2nc(OC[C@@]34CCCN3C[C@H](F)C4)nc(C(=N)NO)n2)C1)(c1ccccc1)c1ccccc1. The van der Waals surface area contributed by atoms with E-state index in [2.05, 4.69) is 91.1 Å². The van der Waals surface area contributed by atoms with Crippen molar-refractivity contribution >= 4 is 30.5 Å². The molecule has 2 aromatic carbocycles. The van der Waals surface area contributed by atoms with Crippen LogP contribution in [0.5, 0.6) is 6.01 Å². The van der Waals surface area contributed by atoms with Crippen molar-refractivity contribution in [3.63, 3.8) is 0 Å². The van der Waals surface area contributed by atoms with Crippen molar-refractivity contribution in [2.45, 2.75) is 69.3 Å². The number of anilines is 1. The first-order valence-corrected chi connectivity index (χ1v) is 18.3. The summed E-state index contributed by atoms with van der Waals surface area (Å²) in [5.74, 6) is -0.174. The Morgan fingerprint density at radius 3 is 2.40 bits per heavy atom. The van der Waals surface area contributed by atoms with Gasteiger partial charge in [-0.15, -0.1) is 0 Å². The van der Waals surface area contributed by atoms with Gasteiger partial charge in [-0.05, 0) is 41.7 Å². The van der Waals surface area contributed by atoms with Crippen LogP contribution >= 0.6 is 0 Å². The zero-order valence-electron chi connectivity index (χ0n) is 27.7. The smallest absolute Gasteiger partial charge is 0.321 e. The number of benzene rings is 2. The summed E-state index contributed by atoms with van der Waals surface area (Å²) in [5.41, 5.74) is 0.660. The molecule has 11 nitrogen and oxygen atoms in total. The van der Waals surface area contributed by atoms with Gasteiger partial charge < -0.3 is 18.8 Å². The molecule has 0 spiro atoms. The molecule has 4 heterocycles. The lowest BCUT2D eigenvalue weighted by molar-refractivity contribution is -0.000401. The first kappa shape index (κ1) is 33.4. The molecular formula is C34H46FN7O4Si. The van der Waals surface area contributed by atoms with Gasteiger partial charge in [0.2, 0.25) is 11.8 Å². The summed E-state index contributed by atoms with van der Waals surface area (Å²) in [6, 6.07) is 21.0. The molecule has 6 rings (SSSR count). The Morgan fingerprint density at radius 1 is 1.09 bits per heavy atom. The van der Waals surface area contributed by atoms with Gasteiger partial charge in [0.05, 0.1) is 30.9 Å². The molecule has 0 bridgehead atoms. The first-order chi connectivity index (χ1) is 22.5. The summed E-state index contributed by atoms with van der Waals surface area (Å²) in [4.78, 5) is 17.7. The molecule has 0 unspecified atom stereocenters. The van der Waals surface area contributed by atoms with E-state index in [-0.39, 0.29) is 35.3 Å². The molecule has 0 amide bonds. The van der Waals surface area contributed by atoms with E-state index in [4.69, 9.17) is 24.3 Å². The zero-order valence-corrected chi connectivity index (χ0v) is 28.7. The molecule has 3 atom stereocenters. The van der Waals surface area contributed by atoms with Gasteiger partial charge in [0, 0.05) is 19.5 Å². The minimum absolute atomic E-state index is 0.0216. The third kappa shape index (κ3) is 6.64. The maximum absolute atomic E-state index is 14.4. The van der Waals surface area contributed by atoms with Gasteiger partial charge in [0.15, 0.2) is 5.84 Å². The molecule has 3 aromatic rings. The molecule has 3 fully saturated rings. The minimum Gasteiger partial charge on any atom is -0.461 e. The molecule has 0 radical (unpaired) electrons. The van der Waals surface area contributed by atoms with Crippen molar-refractivity contribution in [1.29, 1.82) is 5.41 Å². The number of hydrogen-bond acceptors (Lipinski definition) is 10. The van der Waals surface area contributed by atoms with Crippen molar-refractivity contribution in [2.24, 2.45) is 0 Å². The Labute approximate surface area is 277 Å². The summed E-state index contributed by atoms with van der Waals surface area (Å²) in [7, 11) is -2.95. The van der Waals surface area contributed by atoms with E-state index in [9.17, 15) is 9.60 Å². The number of fused-ring (bicyclic) bond motifs is 1. The van der Waals surface area contributed by atoms with Gasteiger partial charge in [-0.2, -0.15) is 15.0 Å². The molecule has 1 aromatic heterocycles. The topological polar surface area (TPSA) is 129 Å². The summed E-state index contributed by atoms with van der Waals surface area (Å²) < 4.78 is 34.4. The summed E-state index contributed by atoms with van der Waals surface area (Å²) in [6.45, 7) is 11.9. The molecule has 47 heavy (non-hydrogen) atoms. The second-order valence-corrected chi connectivity index (χ2v) is 18.5. The van der Waals surface area contributed by atoms with Gasteiger partial charge in [-0.1, -0.05) is 81.4 Å². The van der Waals surface area contributed by atoms with E-state index in [0.717, 1.165) is 19.4 Å². The van der Waals surface area contributed by atoms with Gasteiger partial charge in [0.1, 0.15) is 12.8 Å². The number of hydrogen-bond donors (Lipinski definition) is 3. The number of amidine groups is 1. The molecule has 252 valence electrons. The monoisotopic (exact) mass is 663 g/mol. The second kappa shape index (κ2) is 13.2. The highest BCUT2D eigenvalue weighted by molar-refractivity contribution is 6.99. The standard InChI is InChI=1S/C34H46FN7O4Si/c1-32(2,3)47(26-12-7-5-8-13-26,27-14-9-6-10-15-27)46-33(4)22-41(18-19-44-23-33)30-37-29(28(36)40-43)38-31(39-30)45-24-34-16-11-17-42(34)21-25(35)20-34/h5-10,12-15,25,43H,11,16-24H2,1-4H3,(H2,36,40)/t25-,33-,34+/m1/s1. The second-order valence-electron chi connectivity index (χ2n) is 14.3. The molecule has 3 aliphatic rings. The summed E-state index contributed by atoms with van der Waals surface area (Å²) >= 11 is 0. The third-order valence-corrected chi connectivity index (χ3v) is 14.9. The van der Waals surface area contributed by atoms with Crippen molar-refractivity contribution in [2.75, 3.05) is 50.9 Å². The first-order valence-electron chi connectivity index (χ1n) is 16.4. The molecule has 0 aliphatic carbocycles. The van der Waals surface area contributed by atoms with E-state index >= 15 is 0 Å². The van der Waals surface area contributed by atoms with Crippen LogP contribution in [0.25, 0.3) is 0 Å². The van der Waals surface area contributed by atoms with E-state index in [0.29, 0.717) is 39.3 Å². The number of hydroxylamine groups is 1. The van der Waals surface area contributed by atoms with Crippen LogP contribution in [0, 0.1) is 5.41 Å². The largest absolute Gasteiger partial charge is 0.461 e. The molecule has 3 N–H and O–H groups in total. The van der Waals surface area contributed by atoms with Crippen molar-refractivity contribution in [3.8, 4) is 6.01 Å². The Morgan fingerprint density at radius 2 is 1.77 bits per heavy atom. The summed E-state index contributed by atoms with van der Waals surface area (Å²) in [5, 5.41) is 19.9. The van der Waals surface area contributed by atoms with Crippen LogP contribution in [0.3, 0.4) is 0 Å². The highest BCUT2D eigenvalue weighted by Gasteiger charge is 2.54. The molecule has 3 saturated heterocycles. The zero-order chi connectivity index (χ0) is 33.3. The number of halogens is 1. The highest BCUT2D eigenvalue weighted by atomic mass is 28.4. The predicted molar refractivity (Wildman–Crippen MR) is 180 cm³/mol. The number of rotatable bonds is 9. The number of alkyl halides is 1. The lowest BCUT2D eigenvalue weighted by atomic mass is 9.95. The van der Waals surface area contributed by atoms with E-state index in [1.54, 1.807) is 0 Å². The number of aromatic nitrogens is 3. The Bertz CT molecular complexity index is 1510. The average Bonchev–Trinajstić information content (AvgIpc) is 3.51. The molecule has 13 heteroatoms. The minimum atomic E-state index is -2.95. The summed E-state index contributed by atoms with van der Waals surface area (Å²) in [6.07, 6.45) is 1.35. The average molecular weight is 664 g/mol. The van der Waals surface area contributed by atoms with Crippen LogP contribution < -0.4 is 25.5 Å². The van der Waals surface area contributed by atoms with Crippen molar-refractivity contribution in [3.05, 3.63) is 66.5 Å². The van der Waals surface area contributed by atoms with Crippen LogP contribution in [-0.4, -0.2) is 103 Å². The van der Waals surface area contributed by atoms with Gasteiger partial charge in [-0.25, -0.2) is 9.87 Å². The van der Waals surface area contributed by atoms with E-state index in [1.165, 1.54) is 10.4 Å². The van der Waals surface area contributed by atoms with Gasteiger partial charge >= 0.3 is 6.01 Å². The van der Waals surface area contributed by atoms with Crippen LogP contribution in [0.1, 0.15) is 52.8 Å². The highest BCUT2D eigenvalue weighted by Crippen LogP contribution is 2.41. The fraction of sp³-hybridized carbons (Fsp3) is 0.529. The van der Waals surface area contributed by atoms with Crippen LogP contribution in [0.4, 0.5) is 10.3 Å². The molecule has 3 aliphatic heterocycles. The normalized spacial score (nSPS) is 25.3. The Hall–Kier alpha value is -3.49. The lowest BCUT2D eigenvalue weighted by Crippen LogP contribution is -2.70. The molecule has 0 saturated carbocycles. The Kier molecular flexibility index (Phi) is 9.38. The Balaban J connectivity index is 1.34. The number of ether oxygens (including phenoxy) is 2. The van der Waals surface area contributed by atoms with Gasteiger partial charge in [0.25, 0.3) is 8.32 Å². The van der Waals surface area contributed by atoms with Gasteiger partial charge in [-0.3, -0.25) is 15.5 Å². The molecular weight excluding hydrogens is 618 g/mol. The lowest BCUT2D eigenvalue weighted by Gasteiger charge is -2.48. The van der Waals surface area contributed by atoms with Crippen molar-refractivity contribution in [1.82, 2.24) is 25.3 Å². The number of nitrogens with zero attached hydrogens (tertiary/aromatic N) is 5. The maximum Gasteiger partial charge on any atom is 0.321 e. The van der Waals surface area contributed by atoms with Crippen LogP contribution in [0.15, 0.2) is 60.7 Å². The fourth-order valence-corrected chi connectivity index (χ4v) is 12.4. The van der Waals surface area contributed by atoms with E-state index in [1.807, 2.05) is 22.5 Å². The van der Waals surface area contributed by atoms with Crippen LogP contribution in [0.2, 0.25) is 5.04 Å². The fourth-order valence-electron chi connectivity index (χ4n) is 7.60. The maximum atomic E-state index is 14.4. The third-order valence-electron chi connectivity index (χ3n) is 9.71. The van der Waals surface area contributed by atoms with E-state index < -0.39 is 25.6 Å². The quantitative estimate of drug-likeness (QED) is 0.136.